The smallest absolute Gasteiger partial charge is 0.220 e. The quantitative estimate of drug-likeness (QED) is 0.778. The molecule has 27 heavy (non-hydrogen) atoms. The highest BCUT2D eigenvalue weighted by Gasteiger charge is 2.28. The maximum atomic E-state index is 13.6. The van der Waals surface area contributed by atoms with Gasteiger partial charge in [-0.3, -0.25) is 4.79 Å². The van der Waals surface area contributed by atoms with Crippen LogP contribution in [0.5, 0.6) is 0 Å². The Bertz CT molecular complexity index is 742. The molecular weight excluding hydrogens is 370 g/mol. The molecule has 2 aromatic rings. The third-order valence-corrected chi connectivity index (χ3v) is 4.91. The number of benzene rings is 2. The zero-order valence-corrected chi connectivity index (χ0v) is 15.9. The number of aryl methyl sites for hydroxylation is 1. The van der Waals surface area contributed by atoms with Gasteiger partial charge in [-0.05, 0) is 49.1 Å². The molecule has 1 amide bonds. The average Bonchev–Trinajstić information content (AvgIpc) is 2.65. The van der Waals surface area contributed by atoms with Gasteiger partial charge in [0.05, 0.1) is 0 Å². The van der Waals surface area contributed by atoms with Crippen LogP contribution in [0.4, 0.5) is 8.78 Å². The topological polar surface area (TPSA) is 41.1 Å². The molecule has 2 unspecified atom stereocenters. The van der Waals surface area contributed by atoms with Crippen LogP contribution in [0.2, 0.25) is 0 Å². The molecule has 1 saturated heterocycles. The van der Waals surface area contributed by atoms with Crippen molar-refractivity contribution in [2.75, 3.05) is 13.1 Å². The van der Waals surface area contributed by atoms with Crippen molar-refractivity contribution in [3.8, 4) is 0 Å². The van der Waals surface area contributed by atoms with Gasteiger partial charge in [0.25, 0.3) is 0 Å². The fraction of sp³-hybridized carbons (Fsp3) is 0.381. The number of nitrogens with one attached hydrogen (secondary N) is 2. The number of halogens is 3. The van der Waals surface area contributed by atoms with E-state index in [1.807, 2.05) is 18.2 Å². The Balaban J connectivity index is 0.00000261. The number of hydrogen-bond donors (Lipinski definition) is 2. The monoisotopic (exact) mass is 394 g/mol. The lowest BCUT2D eigenvalue weighted by Crippen LogP contribution is -2.50. The van der Waals surface area contributed by atoms with Gasteiger partial charge in [0.1, 0.15) is 0 Å². The summed E-state index contributed by atoms with van der Waals surface area (Å²) in [6, 6.07) is 14.0. The van der Waals surface area contributed by atoms with Crippen molar-refractivity contribution in [1.82, 2.24) is 10.6 Å². The molecule has 146 valence electrons. The molecule has 0 saturated carbocycles. The van der Waals surface area contributed by atoms with Gasteiger partial charge in [0, 0.05) is 24.9 Å². The van der Waals surface area contributed by atoms with Crippen LogP contribution in [0.25, 0.3) is 0 Å². The molecule has 2 atom stereocenters. The number of piperidine rings is 1. The molecule has 0 bridgehead atoms. The molecule has 1 aliphatic heterocycles. The lowest BCUT2D eigenvalue weighted by atomic mass is 9.86. The summed E-state index contributed by atoms with van der Waals surface area (Å²) in [6.07, 6.45) is 2.88. The molecule has 3 nitrogen and oxygen atoms in total. The summed E-state index contributed by atoms with van der Waals surface area (Å²) in [7, 11) is 0. The van der Waals surface area contributed by atoms with E-state index in [4.69, 9.17) is 0 Å². The third kappa shape index (κ3) is 6.01. The molecular formula is C21H25ClF2N2O. The van der Waals surface area contributed by atoms with E-state index in [9.17, 15) is 13.6 Å². The second kappa shape index (κ2) is 10.4. The summed E-state index contributed by atoms with van der Waals surface area (Å²) in [5.41, 5.74) is 1.96. The predicted molar refractivity (Wildman–Crippen MR) is 105 cm³/mol. The molecule has 6 heteroatoms. The van der Waals surface area contributed by atoms with Crippen molar-refractivity contribution in [3.05, 3.63) is 71.3 Å². The predicted octanol–water partition coefficient (Wildman–Crippen LogP) is 3.97. The minimum absolute atomic E-state index is 0. The molecule has 1 heterocycles. The van der Waals surface area contributed by atoms with Crippen molar-refractivity contribution in [1.29, 1.82) is 0 Å². The fourth-order valence-electron chi connectivity index (χ4n) is 3.53. The first kappa shape index (κ1) is 21.3. The Hall–Kier alpha value is -1.98. The van der Waals surface area contributed by atoms with Gasteiger partial charge >= 0.3 is 0 Å². The Kier molecular flexibility index (Phi) is 8.20. The molecule has 0 radical (unpaired) electrons. The first-order valence-corrected chi connectivity index (χ1v) is 9.12. The van der Waals surface area contributed by atoms with E-state index in [1.54, 1.807) is 6.07 Å². The largest absolute Gasteiger partial charge is 0.351 e. The Morgan fingerprint density at radius 2 is 1.89 bits per heavy atom. The molecule has 1 fully saturated rings. The summed E-state index contributed by atoms with van der Waals surface area (Å²) in [6.45, 7) is 1.43. The van der Waals surface area contributed by atoms with E-state index in [0.29, 0.717) is 13.0 Å². The number of carbonyl (C=O) groups is 1. The highest BCUT2D eigenvalue weighted by Crippen LogP contribution is 2.27. The van der Waals surface area contributed by atoms with Crippen molar-refractivity contribution >= 4 is 18.3 Å². The number of amides is 1. The minimum Gasteiger partial charge on any atom is -0.351 e. The summed E-state index contributed by atoms with van der Waals surface area (Å²) in [5, 5.41) is 6.34. The van der Waals surface area contributed by atoms with Gasteiger partial charge in [0.15, 0.2) is 11.6 Å². The summed E-state index contributed by atoms with van der Waals surface area (Å²) < 4.78 is 26.8. The first-order chi connectivity index (χ1) is 12.6. The van der Waals surface area contributed by atoms with E-state index in [0.717, 1.165) is 37.4 Å². The van der Waals surface area contributed by atoms with Crippen LogP contribution in [0.15, 0.2) is 48.5 Å². The van der Waals surface area contributed by atoms with Crippen LogP contribution >= 0.6 is 12.4 Å². The highest BCUT2D eigenvalue weighted by molar-refractivity contribution is 5.85. The maximum Gasteiger partial charge on any atom is 0.220 e. The molecule has 2 aromatic carbocycles. The van der Waals surface area contributed by atoms with E-state index in [1.165, 1.54) is 11.6 Å². The van der Waals surface area contributed by atoms with Crippen LogP contribution in [-0.2, 0) is 11.2 Å². The lowest BCUT2D eigenvalue weighted by molar-refractivity contribution is -0.122. The number of rotatable bonds is 6. The molecule has 0 spiro atoms. The van der Waals surface area contributed by atoms with Gasteiger partial charge in [-0.2, -0.15) is 0 Å². The van der Waals surface area contributed by atoms with Crippen LogP contribution in [-0.4, -0.2) is 25.0 Å². The molecule has 3 rings (SSSR count). The van der Waals surface area contributed by atoms with Crippen molar-refractivity contribution in [2.24, 2.45) is 0 Å². The second-order valence-electron chi connectivity index (χ2n) is 6.79. The Labute approximate surface area is 165 Å². The van der Waals surface area contributed by atoms with E-state index in [-0.39, 0.29) is 30.3 Å². The van der Waals surface area contributed by atoms with Gasteiger partial charge in [-0.1, -0.05) is 36.4 Å². The molecule has 0 aliphatic carbocycles. The van der Waals surface area contributed by atoms with Gasteiger partial charge in [-0.15, -0.1) is 12.4 Å². The SMILES string of the molecule is Cl.O=C(CCCc1ccccc1)NC1CNCCC1c1ccc(F)c(F)c1. The summed E-state index contributed by atoms with van der Waals surface area (Å²) in [5.74, 6) is -1.69. The fourth-order valence-corrected chi connectivity index (χ4v) is 3.53. The zero-order valence-electron chi connectivity index (χ0n) is 15.1. The maximum absolute atomic E-state index is 13.6. The number of carbonyl (C=O) groups excluding carboxylic acids is 1. The summed E-state index contributed by atoms with van der Waals surface area (Å²) >= 11 is 0. The van der Waals surface area contributed by atoms with Crippen molar-refractivity contribution in [2.45, 2.75) is 37.6 Å². The van der Waals surface area contributed by atoms with Crippen LogP contribution in [0, 0.1) is 11.6 Å². The molecule has 1 aliphatic rings. The van der Waals surface area contributed by atoms with Gasteiger partial charge in [0.2, 0.25) is 5.91 Å². The van der Waals surface area contributed by atoms with E-state index in [2.05, 4.69) is 22.8 Å². The molecule has 0 aromatic heterocycles. The normalized spacial score (nSPS) is 19.2. The molecule has 2 N–H and O–H groups in total. The van der Waals surface area contributed by atoms with Gasteiger partial charge < -0.3 is 10.6 Å². The third-order valence-electron chi connectivity index (χ3n) is 4.91. The van der Waals surface area contributed by atoms with Crippen LogP contribution in [0.1, 0.15) is 36.3 Å². The van der Waals surface area contributed by atoms with Crippen LogP contribution < -0.4 is 10.6 Å². The lowest BCUT2D eigenvalue weighted by Gasteiger charge is -2.33. The summed E-state index contributed by atoms with van der Waals surface area (Å²) in [4.78, 5) is 12.3. The van der Waals surface area contributed by atoms with Gasteiger partial charge in [-0.25, -0.2) is 8.78 Å². The van der Waals surface area contributed by atoms with Crippen molar-refractivity contribution in [3.63, 3.8) is 0 Å². The van der Waals surface area contributed by atoms with Crippen LogP contribution in [0.3, 0.4) is 0 Å². The highest BCUT2D eigenvalue weighted by atomic mass is 35.5. The van der Waals surface area contributed by atoms with Crippen molar-refractivity contribution < 1.29 is 13.6 Å². The van der Waals surface area contributed by atoms with E-state index < -0.39 is 11.6 Å². The zero-order chi connectivity index (χ0) is 18.4. The standard InChI is InChI=1S/C21H24F2N2O.ClH/c22-18-10-9-16(13-19(18)23)17-11-12-24-14-20(17)25-21(26)8-4-7-15-5-2-1-3-6-15;/h1-3,5-6,9-10,13,17,20,24H,4,7-8,11-12,14H2,(H,25,26);1H. The Morgan fingerprint density at radius 1 is 1.11 bits per heavy atom. The second-order valence-corrected chi connectivity index (χ2v) is 6.79. The minimum atomic E-state index is -0.843. The van der Waals surface area contributed by atoms with E-state index >= 15 is 0 Å². The first-order valence-electron chi connectivity index (χ1n) is 9.12. The Morgan fingerprint density at radius 3 is 2.63 bits per heavy atom. The average molecular weight is 395 g/mol. The number of hydrogen-bond acceptors (Lipinski definition) is 2.